The van der Waals surface area contributed by atoms with Gasteiger partial charge in [0.05, 0.1) is 12.5 Å². The molecule has 0 atom stereocenters. The SMILES string of the molecule is CCN(CCC#N)C(=O)C1C(C)(C)C1(C)C. The normalized spacial score (nSPS) is 21.2. The van der Waals surface area contributed by atoms with Crippen LogP contribution in [0.15, 0.2) is 0 Å². The zero-order valence-corrected chi connectivity index (χ0v) is 11.0. The summed E-state index contributed by atoms with van der Waals surface area (Å²) in [6.07, 6.45) is 0.424. The maximum Gasteiger partial charge on any atom is 0.226 e. The zero-order valence-electron chi connectivity index (χ0n) is 11.0. The maximum atomic E-state index is 12.3. The van der Waals surface area contributed by atoms with E-state index < -0.39 is 0 Å². The number of nitrogens with zero attached hydrogens (tertiary/aromatic N) is 2. The smallest absolute Gasteiger partial charge is 0.226 e. The van der Waals surface area contributed by atoms with Crippen LogP contribution in [0.5, 0.6) is 0 Å². The average molecular weight is 222 g/mol. The Kier molecular flexibility index (Phi) is 3.33. The Morgan fingerprint density at radius 1 is 1.31 bits per heavy atom. The number of nitriles is 1. The van der Waals surface area contributed by atoms with E-state index >= 15 is 0 Å². The molecule has 0 bridgehead atoms. The van der Waals surface area contributed by atoms with E-state index in [4.69, 9.17) is 5.26 Å². The molecule has 1 fully saturated rings. The van der Waals surface area contributed by atoms with E-state index in [0.29, 0.717) is 19.5 Å². The van der Waals surface area contributed by atoms with Gasteiger partial charge in [-0.3, -0.25) is 4.79 Å². The minimum absolute atomic E-state index is 0.0874. The quantitative estimate of drug-likeness (QED) is 0.733. The molecule has 0 aromatic heterocycles. The Balaban J connectivity index is 2.69. The van der Waals surface area contributed by atoms with Crippen molar-refractivity contribution in [2.75, 3.05) is 13.1 Å². The number of carbonyl (C=O) groups is 1. The lowest BCUT2D eigenvalue weighted by atomic mass is 10.0. The Bertz CT molecular complexity index is 311. The van der Waals surface area contributed by atoms with E-state index in [-0.39, 0.29) is 22.7 Å². The van der Waals surface area contributed by atoms with Crippen molar-refractivity contribution in [1.29, 1.82) is 5.26 Å². The predicted octanol–water partition coefficient (Wildman–Crippen LogP) is 2.43. The number of amides is 1. The first-order chi connectivity index (χ1) is 7.30. The molecule has 1 amide bonds. The molecule has 1 aliphatic carbocycles. The Hall–Kier alpha value is -1.04. The van der Waals surface area contributed by atoms with Gasteiger partial charge >= 0.3 is 0 Å². The van der Waals surface area contributed by atoms with Crippen molar-refractivity contribution in [1.82, 2.24) is 4.90 Å². The van der Waals surface area contributed by atoms with Gasteiger partial charge in [0, 0.05) is 19.0 Å². The molecule has 0 aromatic rings. The topological polar surface area (TPSA) is 44.1 Å². The first kappa shape index (κ1) is 13.0. The molecule has 0 N–H and O–H groups in total. The molecule has 16 heavy (non-hydrogen) atoms. The lowest BCUT2D eigenvalue weighted by molar-refractivity contribution is -0.133. The van der Waals surface area contributed by atoms with Crippen molar-refractivity contribution in [2.24, 2.45) is 16.7 Å². The summed E-state index contributed by atoms with van der Waals surface area (Å²) < 4.78 is 0. The fourth-order valence-electron chi connectivity index (χ4n) is 2.61. The van der Waals surface area contributed by atoms with Crippen LogP contribution in [-0.4, -0.2) is 23.9 Å². The minimum Gasteiger partial charge on any atom is -0.342 e. The van der Waals surface area contributed by atoms with Gasteiger partial charge in [0.2, 0.25) is 5.91 Å². The largest absolute Gasteiger partial charge is 0.342 e. The summed E-state index contributed by atoms with van der Waals surface area (Å²) in [7, 11) is 0. The second kappa shape index (κ2) is 4.08. The van der Waals surface area contributed by atoms with Crippen LogP contribution >= 0.6 is 0 Å². The van der Waals surface area contributed by atoms with Gasteiger partial charge < -0.3 is 4.90 Å². The molecular weight excluding hydrogens is 200 g/mol. The van der Waals surface area contributed by atoms with Crippen LogP contribution in [0.1, 0.15) is 41.0 Å². The molecule has 3 heteroatoms. The monoisotopic (exact) mass is 222 g/mol. The minimum atomic E-state index is 0.0874. The molecule has 0 aromatic carbocycles. The summed E-state index contributed by atoms with van der Waals surface area (Å²) in [6.45, 7) is 11.8. The number of hydrogen-bond donors (Lipinski definition) is 0. The molecule has 0 radical (unpaired) electrons. The molecule has 1 rings (SSSR count). The highest BCUT2D eigenvalue weighted by molar-refractivity contribution is 5.84. The van der Waals surface area contributed by atoms with Gasteiger partial charge in [0.25, 0.3) is 0 Å². The van der Waals surface area contributed by atoms with E-state index in [0.717, 1.165) is 0 Å². The highest BCUT2D eigenvalue weighted by Crippen LogP contribution is 2.68. The fraction of sp³-hybridized carbons (Fsp3) is 0.846. The lowest BCUT2D eigenvalue weighted by Gasteiger charge is -2.20. The van der Waals surface area contributed by atoms with Gasteiger partial charge in [-0.25, -0.2) is 0 Å². The number of carbonyl (C=O) groups excluding carboxylic acids is 1. The summed E-state index contributed by atoms with van der Waals surface area (Å²) >= 11 is 0. The van der Waals surface area contributed by atoms with Gasteiger partial charge in [0.15, 0.2) is 0 Å². The molecule has 0 saturated heterocycles. The van der Waals surface area contributed by atoms with Crippen molar-refractivity contribution in [3.05, 3.63) is 0 Å². The molecule has 0 spiro atoms. The highest BCUT2D eigenvalue weighted by atomic mass is 16.2. The summed E-state index contributed by atoms with van der Waals surface area (Å²) in [5, 5.41) is 8.56. The third-order valence-corrected chi connectivity index (χ3v) is 4.45. The third kappa shape index (κ3) is 1.81. The first-order valence-electron chi connectivity index (χ1n) is 5.96. The number of rotatable bonds is 4. The van der Waals surface area contributed by atoms with E-state index in [2.05, 4.69) is 33.8 Å². The van der Waals surface area contributed by atoms with Gasteiger partial charge in [-0.15, -0.1) is 0 Å². The van der Waals surface area contributed by atoms with Crippen LogP contribution in [0.2, 0.25) is 0 Å². The molecule has 0 heterocycles. The second-order valence-corrected chi connectivity index (χ2v) is 5.70. The van der Waals surface area contributed by atoms with Crippen LogP contribution in [0.4, 0.5) is 0 Å². The van der Waals surface area contributed by atoms with Crippen LogP contribution in [0, 0.1) is 28.1 Å². The van der Waals surface area contributed by atoms with Gasteiger partial charge in [-0.2, -0.15) is 5.26 Å². The second-order valence-electron chi connectivity index (χ2n) is 5.70. The van der Waals surface area contributed by atoms with Crippen LogP contribution in [0.25, 0.3) is 0 Å². The molecular formula is C13H22N2O. The van der Waals surface area contributed by atoms with E-state index in [1.807, 2.05) is 11.8 Å². The Morgan fingerprint density at radius 2 is 1.81 bits per heavy atom. The zero-order chi connectivity index (χ0) is 12.6. The predicted molar refractivity (Wildman–Crippen MR) is 63.5 cm³/mol. The summed E-state index contributed by atoms with van der Waals surface area (Å²) in [5.41, 5.74) is 0.175. The van der Waals surface area contributed by atoms with Crippen molar-refractivity contribution in [2.45, 2.75) is 41.0 Å². The summed E-state index contributed by atoms with van der Waals surface area (Å²) in [6, 6.07) is 2.09. The average Bonchev–Trinajstić information content (AvgIpc) is 2.58. The van der Waals surface area contributed by atoms with Crippen molar-refractivity contribution in [3.63, 3.8) is 0 Å². The molecule has 1 saturated carbocycles. The Labute approximate surface area is 98.4 Å². The van der Waals surface area contributed by atoms with Crippen molar-refractivity contribution in [3.8, 4) is 6.07 Å². The summed E-state index contributed by atoms with van der Waals surface area (Å²) in [5.74, 6) is 0.325. The van der Waals surface area contributed by atoms with Crippen LogP contribution in [0.3, 0.4) is 0 Å². The molecule has 90 valence electrons. The Morgan fingerprint density at radius 3 is 2.12 bits per heavy atom. The highest BCUT2D eigenvalue weighted by Gasteiger charge is 2.68. The molecule has 3 nitrogen and oxygen atoms in total. The van der Waals surface area contributed by atoms with E-state index in [1.54, 1.807) is 0 Å². The van der Waals surface area contributed by atoms with Gasteiger partial charge in [-0.05, 0) is 17.8 Å². The summed E-state index contributed by atoms with van der Waals surface area (Å²) in [4.78, 5) is 14.1. The number of hydrogen-bond acceptors (Lipinski definition) is 2. The van der Waals surface area contributed by atoms with Crippen LogP contribution in [-0.2, 0) is 4.79 Å². The van der Waals surface area contributed by atoms with Crippen LogP contribution < -0.4 is 0 Å². The van der Waals surface area contributed by atoms with E-state index in [9.17, 15) is 4.79 Å². The van der Waals surface area contributed by atoms with Crippen molar-refractivity contribution >= 4 is 5.91 Å². The van der Waals surface area contributed by atoms with Gasteiger partial charge in [-0.1, -0.05) is 27.7 Å². The van der Waals surface area contributed by atoms with Gasteiger partial charge in [0.1, 0.15) is 0 Å². The fourth-order valence-corrected chi connectivity index (χ4v) is 2.61. The molecule has 1 aliphatic rings. The third-order valence-electron chi connectivity index (χ3n) is 4.45. The maximum absolute atomic E-state index is 12.3. The standard InChI is InChI=1S/C13H22N2O/c1-6-15(9-7-8-14)11(16)10-12(2,3)13(10,4)5/h10H,6-7,9H2,1-5H3. The molecule has 0 aliphatic heterocycles. The first-order valence-corrected chi connectivity index (χ1v) is 5.96. The van der Waals surface area contributed by atoms with Crippen molar-refractivity contribution < 1.29 is 4.79 Å². The lowest BCUT2D eigenvalue weighted by Crippen LogP contribution is -2.34. The molecule has 0 unspecified atom stereocenters. The van der Waals surface area contributed by atoms with E-state index in [1.165, 1.54) is 0 Å².